The molecule has 0 fully saturated rings. The molecule has 0 spiro atoms. The lowest BCUT2D eigenvalue weighted by Crippen LogP contribution is -2.35. The smallest absolute Gasteiger partial charge is 0.257 e. The standard InChI is InChI=1S/C15H14ClN3O2S/c1-19(15(21)12-3-2-8-17-14(12)22)9-13(20)18-11-6-4-10(16)5-7-11/h2-8H,9H2,1H3,(H,17,22)(H,18,20). The van der Waals surface area contributed by atoms with Crippen LogP contribution in [0.1, 0.15) is 10.4 Å². The lowest BCUT2D eigenvalue weighted by molar-refractivity contribution is -0.116. The number of amides is 2. The zero-order valence-electron chi connectivity index (χ0n) is 11.8. The minimum atomic E-state index is -0.312. The van der Waals surface area contributed by atoms with Gasteiger partial charge in [-0.25, -0.2) is 0 Å². The molecule has 1 heterocycles. The molecule has 2 amide bonds. The van der Waals surface area contributed by atoms with Crippen molar-refractivity contribution in [2.45, 2.75) is 0 Å². The van der Waals surface area contributed by atoms with Crippen LogP contribution in [-0.2, 0) is 4.79 Å². The predicted molar refractivity (Wildman–Crippen MR) is 88.7 cm³/mol. The molecule has 114 valence electrons. The van der Waals surface area contributed by atoms with Crippen LogP contribution in [0.4, 0.5) is 5.69 Å². The number of nitrogens with zero attached hydrogens (tertiary/aromatic N) is 1. The van der Waals surface area contributed by atoms with E-state index in [-0.39, 0.29) is 18.4 Å². The molecular formula is C15H14ClN3O2S. The third-order valence-electron chi connectivity index (χ3n) is 2.90. The van der Waals surface area contributed by atoms with Crippen LogP contribution >= 0.6 is 23.8 Å². The van der Waals surface area contributed by atoms with Crippen LogP contribution in [0, 0.1) is 4.64 Å². The summed E-state index contributed by atoms with van der Waals surface area (Å²) in [7, 11) is 1.55. The van der Waals surface area contributed by atoms with Gasteiger partial charge in [0.2, 0.25) is 5.91 Å². The number of pyridine rings is 1. The molecule has 0 unspecified atom stereocenters. The Balaban J connectivity index is 1.99. The topological polar surface area (TPSA) is 65.2 Å². The fourth-order valence-electron chi connectivity index (χ4n) is 1.82. The first-order chi connectivity index (χ1) is 10.5. The number of rotatable bonds is 4. The number of anilines is 1. The number of H-pyrrole nitrogens is 1. The number of hydrogen-bond acceptors (Lipinski definition) is 3. The molecule has 0 atom stereocenters. The van der Waals surface area contributed by atoms with Crippen molar-refractivity contribution in [3.8, 4) is 0 Å². The highest BCUT2D eigenvalue weighted by molar-refractivity contribution is 7.71. The molecule has 2 aromatic rings. The Morgan fingerprint density at radius 2 is 1.95 bits per heavy atom. The largest absolute Gasteiger partial charge is 0.352 e. The number of aromatic nitrogens is 1. The third-order valence-corrected chi connectivity index (χ3v) is 3.49. The van der Waals surface area contributed by atoms with Gasteiger partial charge < -0.3 is 15.2 Å². The van der Waals surface area contributed by atoms with Crippen molar-refractivity contribution in [3.05, 3.63) is 57.8 Å². The van der Waals surface area contributed by atoms with E-state index in [0.29, 0.717) is 20.9 Å². The molecule has 0 bridgehead atoms. The van der Waals surface area contributed by atoms with Crippen LogP contribution in [0.15, 0.2) is 42.6 Å². The highest BCUT2D eigenvalue weighted by atomic mass is 35.5. The fraction of sp³-hybridized carbons (Fsp3) is 0.133. The molecule has 0 aliphatic rings. The monoisotopic (exact) mass is 335 g/mol. The molecule has 0 aliphatic heterocycles. The number of halogens is 1. The normalized spacial score (nSPS) is 10.1. The van der Waals surface area contributed by atoms with Gasteiger partial charge >= 0.3 is 0 Å². The molecule has 1 aromatic carbocycles. The van der Waals surface area contributed by atoms with Crippen molar-refractivity contribution in [1.29, 1.82) is 0 Å². The van der Waals surface area contributed by atoms with Gasteiger partial charge in [0.25, 0.3) is 5.91 Å². The van der Waals surface area contributed by atoms with Gasteiger partial charge in [-0.3, -0.25) is 9.59 Å². The average molecular weight is 336 g/mol. The summed E-state index contributed by atoms with van der Waals surface area (Å²) in [6.07, 6.45) is 1.65. The Labute approximate surface area is 137 Å². The maximum Gasteiger partial charge on any atom is 0.257 e. The second kappa shape index (κ2) is 7.20. The van der Waals surface area contributed by atoms with Crippen LogP contribution in [0.3, 0.4) is 0 Å². The molecule has 0 aliphatic carbocycles. The lowest BCUT2D eigenvalue weighted by atomic mass is 10.2. The maximum absolute atomic E-state index is 12.2. The second-order valence-corrected chi connectivity index (χ2v) is 5.47. The van der Waals surface area contributed by atoms with Gasteiger partial charge in [0, 0.05) is 24.0 Å². The Kier molecular flexibility index (Phi) is 5.30. The summed E-state index contributed by atoms with van der Waals surface area (Å²) in [4.78, 5) is 28.3. The Morgan fingerprint density at radius 1 is 1.27 bits per heavy atom. The van der Waals surface area contributed by atoms with E-state index < -0.39 is 0 Å². The molecule has 7 heteroatoms. The fourth-order valence-corrected chi connectivity index (χ4v) is 2.17. The molecule has 0 saturated heterocycles. The molecule has 1 aromatic heterocycles. The molecule has 2 N–H and O–H groups in total. The van der Waals surface area contributed by atoms with Crippen molar-refractivity contribution in [1.82, 2.24) is 9.88 Å². The molecule has 5 nitrogen and oxygen atoms in total. The number of aromatic amines is 1. The van der Waals surface area contributed by atoms with E-state index in [1.807, 2.05) is 0 Å². The van der Waals surface area contributed by atoms with E-state index in [0.717, 1.165) is 0 Å². The second-order valence-electron chi connectivity index (χ2n) is 4.63. The number of carbonyl (C=O) groups is 2. The van der Waals surface area contributed by atoms with E-state index in [9.17, 15) is 9.59 Å². The first kappa shape index (κ1) is 16.2. The van der Waals surface area contributed by atoms with Gasteiger partial charge in [-0.2, -0.15) is 0 Å². The molecule has 0 saturated carbocycles. The van der Waals surface area contributed by atoms with E-state index in [2.05, 4.69) is 10.3 Å². The van der Waals surface area contributed by atoms with Crippen LogP contribution in [0.2, 0.25) is 5.02 Å². The summed E-state index contributed by atoms with van der Waals surface area (Å²) in [6.45, 7) is -0.0782. The SMILES string of the molecule is CN(CC(=O)Nc1ccc(Cl)cc1)C(=O)c1ccc[nH]c1=S. The van der Waals surface area contributed by atoms with E-state index in [4.69, 9.17) is 23.8 Å². The third kappa shape index (κ3) is 4.16. The lowest BCUT2D eigenvalue weighted by Gasteiger charge is -2.16. The van der Waals surface area contributed by atoms with Crippen LogP contribution in [0.25, 0.3) is 0 Å². The van der Waals surface area contributed by atoms with E-state index in [1.54, 1.807) is 49.6 Å². The van der Waals surface area contributed by atoms with Gasteiger partial charge in [-0.05, 0) is 36.4 Å². The Hall–Kier alpha value is -2.18. The maximum atomic E-state index is 12.2. The van der Waals surface area contributed by atoms with Crippen molar-refractivity contribution in [2.75, 3.05) is 18.9 Å². The number of nitrogens with one attached hydrogen (secondary N) is 2. The van der Waals surface area contributed by atoms with Gasteiger partial charge in [0.1, 0.15) is 4.64 Å². The first-order valence-electron chi connectivity index (χ1n) is 6.46. The predicted octanol–water partition coefficient (Wildman–Crippen LogP) is 3.11. The summed E-state index contributed by atoms with van der Waals surface area (Å²) in [5, 5.41) is 3.28. The summed E-state index contributed by atoms with van der Waals surface area (Å²) in [5.41, 5.74) is 0.978. The van der Waals surface area contributed by atoms with Crippen molar-refractivity contribution < 1.29 is 9.59 Å². The van der Waals surface area contributed by atoms with Crippen LogP contribution in [0.5, 0.6) is 0 Å². The minimum absolute atomic E-state index is 0.0782. The summed E-state index contributed by atoms with van der Waals surface area (Å²) < 4.78 is 0.345. The van der Waals surface area contributed by atoms with Crippen LogP contribution in [-0.4, -0.2) is 35.3 Å². The van der Waals surface area contributed by atoms with Gasteiger partial charge in [-0.1, -0.05) is 23.8 Å². The molecule has 0 radical (unpaired) electrons. The molecule has 22 heavy (non-hydrogen) atoms. The Morgan fingerprint density at radius 3 is 2.59 bits per heavy atom. The summed E-state index contributed by atoms with van der Waals surface area (Å²) >= 11 is 10.8. The summed E-state index contributed by atoms with van der Waals surface area (Å²) in [6, 6.07) is 10.0. The molecular weight excluding hydrogens is 322 g/mol. The highest BCUT2D eigenvalue weighted by Gasteiger charge is 2.16. The van der Waals surface area contributed by atoms with E-state index in [1.165, 1.54) is 4.90 Å². The van der Waals surface area contributed by atoms with Crippen molar-refractivity contribution >= 4 is 41.3 Å². The van der Waals surface area contributed by atoms with Crippen molar-refractivity contribution in [3.63, 3.8) is 0 Å². The molecule has 2 rings (SSSR count). The van der Waals surface area contributed by atoms with Gasteiger partial charge in [-0.15, -0.1) is 0 Å². The Bertz CT molecular complexity index is 743. The average Bonchev–Trinajstić information content (AvgIpc) is 2.49. The zero-order valence-corrected chi connectivity index (χ0v) is 13.4. The van der Waals surface area contributed by atoms with Crippen LogP contribution < -0.4 is 5.32 Å². The van der Waals surface area contributed by atoms with Gasteiger partial charge in [0.15, 0.2) is 0 Å². The van der Waals surface area contributed by atoms with Gasteiger partial charge in [0.05, 0.1) is 12.1 Å². The zero-order chi connectivity index (χ0) is 16.1. The van der Waals surface area contributed by atoms with E-state index >= 15 is 0 Å². The quantitative estimate of drug-likeness (QED) is 0.844. The highest BCUT2D eigenvalue weighted by Crippen LogP contribution is 2.13. The van der Waals surface area contributed by atoms with Crippen molar-refractivity contribution in [2.24, 2.45) is 0 Å². The summed E-state index contributed by atoms with van der Waals surface area (Å²) in [5.74, 6) is -0.614. The number of hydrogen-bond donors (Lipinski definition) is 2. The minimum Gasteiger partial charge on any atom is -0.352 e. The number of likely N-dealkylation sites (N-methyl/N-ethyl adjacent to an activating group) is 1. The number of benzene rings is 1. The number of carbonyl (C=O) groups excluding carboxylic acids is 2. The first-order valence-corrected chi connectivity index (χ1v) is 7.24.